The van der Waals surface area contributed by atoms with E-state index in [9.17, 15) is 8.42 Å². The Hall–Kier alpha value is -0.880. The standard InChI is InChI=1S/C11H19N3O2S/c1-8-3-9(2)5-10(4-8)14-6-11(13-7-14)17(12,15)16/h6-10H,3-5H2,1-2H3,(H2,12,15,16). The van der Waals surface area contributed by atoms with Crippen LogP contribution in [0.3, 0.4) is 0 Å². The number of nitrogens with two attached hydrogens (primary N) is 1. The van der Waals surface area contributed by atoms with Gasteiger partial charge >= 0.3 is 0 Å². The Bertz CT molecular complexity index is 485. The van der Waals surface area contributed by atoms with Crippen molar-refractivity contribution in [2.24, 2.45) is 17.0 Å². The number of nitrogens with zero attached hydrogens (tertiary/aromatic N) is 2. The number of primary sulfonamides is 1. The summed E-state index contributed by atoms with van der Waals surface area (Å²) in [5, 5.41) is 5.01. The summed E-state index contributed by atoms with van der Waals surface area (Å²) in [7, 11) is -3.68. The van der Waals surface area contributed by atoms with Gasteiger partial charge in [0.05, 0.1) is 6.33 Å². The molecule has 2 atom stereocenters. The Kier molecular flexibility index (Phi) is 3.27. The normalized spacial score (nSPS) is 30.4. The van der Waals surface area contributed by atoms with Crippen LogP contribution in [0.5, 0.6) is 0 Å². The summed E-state index contributed by atoms with van der Waals surface area (Å²) in [5.74, 6) is 1.34. The fraction of sp³-hybridized carbons (Fsp3) is 0.727. The Morgan fingerprint density at radius 3 is 2.35 bits per heavy atom. The minimum atomic E-state index is -3.68. The molecule has 5 nitrogen and oxygen atoms in total. The van der Waals surface area contributed by atoms with Crippen LogP contribution in [-0.2, 0) is 10.0 Å². The second kappa shape index (κ2) is 4.42. The highest BCUT2D eigenvalue weighted by Crippen LogP contribution is 2.35. The van der Waals surface area contributed by atoms with Crippen LogP contribution in [-0.4, -0.2) is 18.0 Å². The number of aromatic nitrogens is 2. The fourth-order valence-corrected chi connectivity index (χ4v) is 3.28. The monoisotopic (exact) mass is 257 g/mol. The Labute approximate surface area is 102 Å². The first-order chi connectivity index (χ1) is 7.86. The SMILES string of the molecule is CC1CC(C)CC(n2cnc(S(N)(=O)=O)c2)C1. The minimum absolute atomic E-state index is 0.0385. The van der Waals surface area contributed by atoms with E-state index in [0.717, 1.165) is 12.8 Å². The molecule has 0 aromatic carbocycles. The van der Waals surface area contributed by atoms with Gasteiger partial charge < -0.3 is 4.57 Å². The van der Waals surface area contributed by atoms with Crippen molar-refractivity contribution in [1.82, 2.24) is 9.55 Å². The molecule has 0 amide bonds. The fourth-order valence-electron chi connectivity index (χ4n) is 2.81. The summed E-state index contributed by atoms with van der Waals surface area (Å²) in [6.45, 7) is 4.47. The van der Waals surface area contributed by atoms with Crippen molar-refractivity contribution in [1.29, 1.82) is 0 Å². The van der Waals surface area contributed by atoms with Gasteiger partial charge in [-0.25, -0.2) is 18.5 Å². The first-order valence-electron chi connectivity index (χ1n) is 5.92. The largest absolute Gasteiger partial charge is 0.333 e. The lowest BCUT2D eigenvalue weighted by Crippen LogP contribution is -2.22. The van der Waals surface area contributed by atoms with Gasteiger partial charge in [0.2, 0.25) is 0 Å². The molecular formula is C11H19N3O2S. The molecule has 1 aromatic heterocycles. The van der Waals surface area contributed by atoms with Gasteiger partial charge in [-0.15, -0.1) is 0 Å². The highest BCUT2D eigenvalue weighted by atomic mass is 32.2. The van der Waals surface area contributed by atoms with Gasteiger partial charge in [-0.3, -0.25) is 0 Å². The smallest absolute Gasteiger partial charge is 0.257 e. The van der Waals surface area contributed by atoms with Crippen molar-refractivity contribution in [2.45, 2.75) is 44.2 Å². The summed E-state index contributed by atoms with van der Waals surface area (Å²) < 4.78 is 24.2. The van der Waals surface area contributed by atoms with E-state index in [2.05, 4.69) is 18.8 Å². The van der Waals surface area contributed by atoms with Crippen LogP contribution >= 0.6 is 0 Å². The Morgan fingerprint density at radius 1 is 1.29 bits per heavy atom. The summed E-state index contributed by atoms with van der Waals surface area (Å²) >= 11 is 0. The van der Waals surface area contributed by atoms with Gasteiger partial charge in [-0.2, -0.15) is 0 Å². The predicted octanol–water partition coefficient (Wildman–Crippen LogP) is 1.53. The maximum atomic E-state index is 11.2. The van der Waals surface area contributed by atoms with Crippen LogP contribution < -0.4 is 5.14 Å². The summed E-state index contributed by atoms with van der Waals surface area (Å²) in [4.78, 5) is 3.86. The number of sulfonamides is 1. The maximum Gasteiger partial charge on any atom is 0.257 e. The third-order valence-electron chi connectivity index (χ3n) is 3.44. The molecule has 0 spiro atoms. The van der Waals surface area contributed by atoms with Crippen molar-refractivity contribution < 1.29 is 8.42 Å². The molecule has 0 saturated heterocycles. The molecule has 0 radical (unpaired) electrons. The number of hydrogen-bond donors (Lipinski definition) is 1. The molecule has 1 saturated carbocycles. The van der Waals surface area contributed by atoms with Gasteiger partial charge in [0.1, 0.15) is 0 Å². The number of imidazole rings is 1. The molecule has 2 rings (SSSR count). The van der Waals surface area contributed by atoms with Crippen molar-refractivity contribution in [3.05, 3.63) is 12.5 Å². The van der Waals surface area contributed by atoms with Crippen LogP contribution in [0.2, 0.25) is 0 Å². The third kappa shape index (κ3) is 2.87. The molecule has 2 N–H and O–H groups in total. The molecule has 1 heterocycles. The van der Waals surface area contributed by atoms with Crippen LogP contribution in [0, 0.1) is 11.8 Å². The van der Waals surface area contributed by atoms with Gasteiger partial charge in [0.25, 0.3) is 10.0 Å². The van der Waals surface area contributed by atoms with E-state index in [0.29, 0.717) is 17.9 Å². The van der Waals surface area contributed by atoms with E-state index in [1.165, 1.54) is 6.42 Å². The quantitative estimate of drug-likeness (QED) is 0.872. The van der Waals surface area contributed by atoms with Gasteiger partial charge in [-0.1, -0.05) is 13.8 Å². The molecule has 1 aliphatic carbocycles. The highest BCUT2D eigenvalue weighted by molar-refractivity contribution is 7.89. The van der Waals surface area contributed by atoms with Crippen molar-refractivity contribution >= 4 is 10.0 Å². The van der Waals surface area contributed by atoms with Crippen molar-refractivity contribution in [2.75, 3.05) is 0 Å². The van der Waals surface area contributed by atoms with E-state index in [1.54, 1.807) is 12.5 Å². The van der Waals surface area contributed by atoms with Crippen molar-refractivity contribution in [3.8, 4) is 0 Å². The van der Waals surface area contributed by atoms with Crippen LogP contribution in [0.25, 0.3) is 0 Å². The van der Waals surface area contributed by atoms with Crippen LogP contribution in [0.1, 0.15) is 39.2 Å². The number of rotatable bonds is 2. The van der Waals surface area contributed by atoms with E-state index >= 15 is 0 Å². The van der Waals surface area contributed by atoms with E-state index in [1.807, 2.05) is 4.57 Å². The Morgan fingerprint density at radius 2 is 1.88 bits per heavy atom. The summed E-state index contributed by atoms with van der Waals surface area (Å²) in [5.41, 5.74) is 0. The molecule has 1 aromatic rings. The first kappa shape index (κ1) is 12.6. The highest BCUT2D eigenvalue weighted by Gasteiger charge is 2.25. The lowest BCUT2D eigenvalue weighted by atomic mass is 9.80. The molecule has 17 heavy (non-hydrogen) atoms. The lowest BCUT2D eigenvalue weighted by molar-refractivity contribution is 0.221. The van der Waals surface area contributed by atoms with E-state index in [-0.39, 0.29) is 5.03 Å². The average Bonchev–Trinajstić information content (AvgIpc) is 2.63. The van der Waals surface area contributed by atoms with Crippen LogP contribution in [0.4, 0.5) is 0 Å². The molecule has 2 unspecified atom stereocenters. The van der Waals surface area contributed by atoms with E-state index in [4.69, 9.17) is 5.14 Å². The van der Waals surface area contributed by atoms with Gasteiger partial charge in [0, 0.05) is 12.2 Å². The second-order valence-corrected chi connectivity index (χ2v) is 6.78. The number of hydrogen-bond acceptors (Lipinski definition) is 3. The van der Waals surface area contributed by atoms with Crippen molar-refractivity contribution in [3.63, 3.8) is 0 Å². The van der Waals surface area contributed by atoms with Crippen LogP contribution in [0.15, 0.2) is 17.6 Å². The summed E-state index contributed by atoms with van der Waals surface area (Å²) in [6.07, 6.45) is 6.52. The molecule has 0 bridgehead atoms. The lowest BCUT2D eigenvalue weighted by Gasteiger charge is -2.32. The Balaban J connectivity index is 2.20. The molecule has 96 valence electrons. The minimum Gasteiger partial charge on any atom is -0.333 e. The molecule has 1 aliphatic rings. The van der Waals surface area contributed by atoms with Gasteiger partial charge in [-0.05, 0) is 31.1 Å². The third-order valence-corrected chi connectivity index (χ3v) is 4.24. The maximum absolute atomic E-state index is 11.2. The predicted molar refractivity (Wildman–Crippen MR) is 64.8 cm³/mol. The summed E-state index contributed by atoms with van der Waals surface area (Å²) in [6, 6.07) is 0.344. The zero-order valence-electron chi connectivity index (χ0n) is 10.2. The van der Waals surface area contributed by atoms with E-state index < -0.39 is 10.0 Å². The molecular weight excluding hydrogens is 238 g/mol. The second-order valence-electron chi connectivity index (χ2n) is 5.28. The average molecular weight is 257 g/mol. The zero-order valence-corrected chi connectivity index (χ0v) is 11.0. The molecule has 6 heteroatoms. The molecule has 0 aliphatic heterocycles. The first-order valence-corrected chi connectivity index (χ1v) is 7.47. The zero-order chi connectivity index (χ0) is 12.6. The molecule has 1 fully saturated rings. The topological polar surface area (TPSA) is 78.0 Å². The van der Waals surface area contributed by atoms with Gasteiger partial charge in [0.15, 0.2) is 5.03 Å².